The molecular formula is C10H10ClNO2S. The second-order valence-electron chi connectivity index (χ2n) is 3.48. The monoisotopic (exact) mass is 243 g/mol. The van der Waals surface area contributed by atoms with Gasteiger partial charge >= 0.3 is 0 Å². The molecule has 0 atom stereocenters. The molecule has 1 aromatic rings. The van der Waals surface area contributed by atoms with Gasteiger partial charge in [-0.15, -0.1) is 11.3 Å². The van der Waals surface area contributed by atoms with E-state index >= 15 is 0 Å². The van der Waals surface area contributed by atoms with Crippen LogP contribution in [0.2, 0.25) is 0 Å². The van der Waals surface area contributed by atoms with Crippen molar-refractivity contribution >= 4 is 39.8 Å². The van der Waals surface area contributed by atoms with Gasteiger partial charge in [-0.2, -0.15) is 0 Å². The van der Waals surface area contributed by atoms with Crippen molar-refractivity contribution in [3.63, 3.8) is 0 Å². The van der Waals surface area contributed by atoms with Crippen LogP contribution in [0.1, 0.15) is 34.5 Å². The van der Waals surface area contributed by atoms with E-state index in [1.807, 2.05) is 0 Å². The summed E-state index contributed by atoms with van der Waals surface area (Å²) in [6.07, 6.45) is 3.31. The third kappa shape index (κ3) is 2.21. The standard InChI is InChI=1S/C10H10ClNO2S/c11-10(14)6-5-15-7-3-1-2-4-8(13)12-9(6)7/h5H,1-4H2,(H,12,13). The number of fused-ring (bicyclic) bond motifs is 1. The Morgan fingerprint density at radius 1 is 1.40 bits per heavy atom. The van der Waals surface area contributed by atoms with Crippen LogP contribution in [-0.4, -0.2) is 11.1 Å². The highest BCUT2D eigenvalue weighted by atomic mass is 35.5. The number of carbonyl (C=O) groups excluding carboxylic acids is 2. The van der Waals surface area contributed by atoms with E-state index in [1.54, 1.807) is 5.38 Å². The van der Waals surface area contributed by atoms with Crippen molar-refractivity contribution < 1.29 is 9.59 Å². The molecule has 0 spiro atoms. The van der Waals surface area contributed by atoms with Crippen LogP contribution >= 0.6 is 22.9 Å². The Balaban J connectivity index is 2.39. The molecule has 2 rings (SSSR count). The summed E-state index contributed by atoms with van der Waals surface area (Å²) in [5.41, 5.74) is 1.05. The average Bonchev–Trinajstić information content (AvgIpc) is 2.52. The largest absolute Gasteiger partial charge is 0.324 e. The number of thiophene rings is 1. The summed E-state index contributed by atoms with van der Waals surface area (Å²) in [7, 11) is 0. The molecule has 0 saturated carbocycles. The Kier molecular flexibility index (Phi) is 3.07. The number of hydrogen-bond donors (Lipinski definition) is 1. The molecule has 0 aromatic carbocycles. The molecule has 1 aliphatic heterocycles. The van der Waals surface area contributed by atoms with Gasteiger partial charge in [0.2, 0.25) is 5.91 Å². The van der Waals surface area contributed by atoms with Gasteiger partial charge in [-0.25, -0.2) is 0 Å². The number of hydrogen-bond acceptors (Lipinski definition) is 3. The molecule has 15 heavy (non-hydrogen) atoms. The second kappa shape index (κ2) is 4.33. The molecule has 1 amide bonds. The van der Waals surface area contributed by atoms with Crippen LogP contribution in [0.4, 0.5) is 5.69 Å². The lowest BCUT2D eigenvalue weighted by molar-refractivity contribution is -0.116. The minimum Gasteiger partial charge on any atom is -0.324 e. The molecule has 0 radical (unpaired) electrons. The van der Waals surface area contributed by atoms with Crippen molar-refractivity contribution in [1.29, 1.82) is 0 Å². The molecule has 3 nitrogen and oxygen atoms in total. The van der Waals surface area contributed by atoms with E-state index in [1.165, 1.54) is 11.3 Å². The fourth-order valence-corrected chi connectivity index (χ4v) is 2.88. The highest BCUT2D eigenvalue weighted by molar-refractivity contribution is 7.11. The summed E-state index contributed by atoms with van der Waals surface area (Å²) in [5, 5.41) is 3.97. The average molecular weight is 244 g/mol. The molecule has 0 saturated heterocycles. The van der Waals surface area contributed by atoms with Crippen LogP contribution in [0.15, 0.2) is 5.38 Å². The topological polar surface area (TPSA) is 46.2 Å². The molecule has 0 aliphatic carbocycles. The van der Waals surface area contributed by atoms with Gasteiger partial charge in [0.1, 0.15) is 0 Å². The zero-order chi connectivity index (χ0) is 10.8. The van der Waals surface area contributed by atoms with Crippen molar-refractivity contribution in [2.24, 2.45) is 0 Å². The maximum atomic E-state index is 11.4. The predicted octanol–water partition coefficient (Wildman–Crippen LogP) is 2.79. The molecular weight excluding hydrogens is 234 g/mol. The van der Waals surface area contributed by atoms with Crippen LogP contribution in [-0.2, 0) is 11.2 Å². The summed E-state index contributed by atoms with van der Waals surface area (Å²) < 4.78 is 0. The van der Waals surface area contributed by atoms with Crippen molar-refractivity contribution in [3.05, 3.63) is 15.8 Å². The maximum absolute atomic E-state index is 11.4. The van der Waals surface area contributed by atoms with E-state index in [0.29, 0.717) is 17.7 Å². The van der Waals surface area contributed by atoms with Crippen molar-refractivity contribution in [3.8, 4) is 0 Å². The van der Waals surface area contributed by atoms with Gasteiger partial charge in [0.15, 0.2) is 0 Å². The fraction of sp³-hybridized carbons (Fsp3) is 0.400. The van der Waals surface area contributed by atoms with E-state index in [0.717, 1.165) is 24.1 Å². The number of rotatable bonds is 1. The Morgan fingerprint density at radius 3 is 2.87 bits per heavy atom. The van der Waals surface area contributed by atoms with Gasteiger partial charge in [-0.1, -0.05) is 0 Å². The van der Waals surface area contributed by atoms with Crippen LogP contribution in [0.5, 0.6) is 0 Å². The van der Waals surface area contributed by atoms with Gasteiger partial charge in [0, 0.05) is 16.7 Å². The minimum atomic E-state index is -0.506. The first-order valence-electron chi connectivity index (χ1n) is 4.78. The highest BCUT2D eigenvalue weighted by Crippen LogP contribution is 2.32. The molecule has 1 aliphatic rings. The summed E-state index contributed by atoms with van der Waals surface area (Å²) in [6, 6.07) is 0. The Bertz CT molecular complexity index is 414. The van der Waals surface area contributed by atoms with E-state index in [2.05, 4.69) is 5.32 Å². The third-order valence-electron chi connectivity index (χ3n) is 2.40. The van der Waals surface area contributed by atoms with Crippen molar-refractivity contribution in [1.82, 2.24) is 0 Å². The Hall–Kier alpha value is -0.870. The maximum Gasteiger partial charge on any atom is 0.255 e. The van der Waals surface area contributed by atoms with E-state index in [4.69, 9.17) is 11.6 Å². The van der Waals surface area contributed by atoms with Gasteiger partial charge in [0.05, 0.1) is 11.3 Å². The Labute approximate surface area is 96.4 Å². The zero-order valence-corrected chi connectivity index (χ0v) is 9.58. The Morgan fingerprint density at radius 2 is 2.13 bits per heavy atom. The number of aryl methyl sites for hydroxylation is 1. The SMILES string of the molecule is O=C1CCCCc2scc(C(=O)Cl)c2N1. The summed E-state index contributed by atoms with van der Waals surface area (Å²) >= 11 is 6.92. The predicted molar refractivity (Wildman–Crippen MR) is 60.7 cm³/mol. The number of nitrogens with one attached hydrogen (secondary N) is 1. The molecule has 2 heterocycles. The van der Waals surface area contributed by atoms with Crippen LogP contribution < -0.4 is 5.32 Å². The zero-order valence-electron chi connectivity index (χ0n) is 8.01. The van der Waals surface area contributed by atoms with Crippen molar-refractivity contribution in [2.75, 3.05) is 5.32 Å². The molecule has 0 unspecified atom stereocenters. The third-order valence-corrected chi connectivity index (χ3v) is 3.65. The molecule has 80 valence electrons. The number of anilines is 1. The lowest BCUT2D eigenvalue weighted by Crippen LogP contribution is -2.15. The lowest BCUT2D eigenvalue weighted by atomic mass is 10.1. The minimum absolute atomic E-state index is 0.0338. The first-order chi connectivity index (χ1) is 7.18. The van der Waals surface area contributed by atoms with Crippen LogP contribution in [0.25, 0.3) is 0 Å². The summed E-state index contributed by atoms with van der Waals surface area (Å²) in [5.74, 6) is -0.0338. The smallest absolute Gasteiger partial charge is 0.255 e. The number of halogens is 1. The van der Waals surface area contributed by atoms with E-state index in [9.17, 15) is 9.59 Å². The van der Waals surface area contributed by atoms with Crippen LogP contribution in [0.3, 0.4) is 0 Å². The van der Waals surface area contributed by atoms with Gasteiger partial charge < -0.3 is 5.32 Å². The lowest BCUT2D eigenvalue weighted by Gasteiger charge is -2.11. The summed E-state index contributed by atoms with van der Waals surface area (Å²) in [6.45, 7) is 0. The van der Waals surface area contributed by atoms with Crippen molar-refractivity contribution in [2.45, 2.75) is 25.7 Å². The van der Waals surface area contributed by atoms with Crippen LogP contribution in [0, 0.1) is 0 Å². The number of amides is 1. The van der Waals surface area contributed by atoms with E-state index in [-0.39, 0.29) is 5.91 Å². The van der Waals surface area contributed by atoms with Gasteiger partial charge in [-0.05, 0) is 30.9 Å². The van der Waals surface area contributed by atoms with Gasteiger partial charge in [0.25, 0.3) is 5.24 Å². The van der Waals surface area contributed by atoms with Gasteiger partial charge in [-0.3, -0.25) is 9.59 Å². The molecule has 0 bridgehead atoms. The van der Waals surface area contributed by atoms with E-state index < -0.39 is 5.24 Å². The molecule has 1 aromatic heterocycles. The normalized spacial score (nSPS) is 16.2. The molecule has 5 heteroatoms. The first-order valence-corrected chi connectivity index (χ1v) is 6.04. The first kappa shape index (κ1) is 10.6. The second-order valence-corrected chi connectivity index (χ2v) is 4.78. The summed E-state index contributed by atoms with van der Waals surface area (Å²) in [4.78, 5) is 23.6. The quantitative estimate of drug-likeness (QED) is 0.771. The molecule has 0 fully saturated rings. The highest BCUT2D eigenvalue weighted by Gasteiger charge is 2.19. The number of carbonyl (C=O) groups is 2. The fourth-order valence-electron chi connectivity index (χ4n) is 1.64. The molecule has 1 N–H and O–H groups in total.